The number of hydrogen-bond acceptors (Lipinski definition) is 1. The van der Waals surface area contributed by atoms with Crippen LogP contribution in [-0.4, -0.2) is 6.54 Å². The van der Waals surface area contributed by atoms with Gasteiger partial charge in [-0.15, -0.1) is 24.8 Å². The van der Waals surface area contributed by atoms with Gasteiger partial charge in [-0.05, 0) is 18.2 Å². The molecule has 1 nitrogen and oxygen atoms in total. The van der Waals surface area contributed by atoms with Crippen molar-refractivity contribution in [2.45, 2.75) is 13.3 Å². The Morgan fingerprint density at radius 2 is 2.00 bits per heavy atom. The maximum absolute atomic E-state index is 4.58. The van der Waals surface area contributed by atoms with Gasteiger partial charge in [-0.3, -0.25) is 5.09 Å². The van der Waals surface area contributed by atoms with Crippen LogP contribution in [-0.2, 0) is 11.8 Å². The molecule has 0 rings (SSSR count). The van der Waals surface area contributed by atoms with Gasteiger partial charge < -0.3 is 0 Å². The fraction of sp³-hybridized carbons (Fsp3) is 1.00. The van der Waals surface area contributed by atoms with Gasteiger partial charge in [0.05, 0.1) is 7.51 Å². The fourth-order valence-electron chi connectivity index (χ4n) is 0.157. The van der Waals surface area contributed by atoms with E-state index < -0.39 is 0 Å². The molecule has 0 heterocycles. The molecular formula is C3H10Cl2NPS. The minimum absolute atomic E-state index is 0. The van der Waals surface area contributed by atoms with Crippen LogP contribution in [0.4, 0.5) is 0 Å². The van der Waals surface area contributed by atoms with Crippen LogP contribution in [0.3, 0.4) is 0 Å². The van der Waals surface area contributed by atoms with E-state index in [2.05, 4.69) is 23.8 Å². The van der Waals surface area contributed by atoms with Gasteiger partial charge in [0.1, 0.15) is 0 Å². The molecule has 0 unspecified atom stereocenters. The lowest BCUT2D eigenvalue weighted by molar-refractivity contribution is 0.878. The minimum Gasteiger partial charge on any atom is -0.262 e. The van der Waals surface area contributed by atoms with Crippen molar-refractivity contribution >= 4 is 44.1 Å². The average molecular weight is 194 g/mol. The van der Waals surface area contributed by atoms with E-state index in [9.17, 15) is 0 Å². The Bertz CT molecular complexity index is 46.3. The highest BCUT2D eigenvalue weighted by molar-refractivity contribution is 7.95. The van der Waals surface area contributed by atoms with Crippen molar-refractivity contribution < 1.29 is 0 Å². The van der Waals surface area contributed by atoms with Gasteiger partial charge in [-0.25, -0.2) is 0 Å². The number of halogens is 2. The van der Waals surface area contributed by atoms with Crippen LogP contribution < -0.4 is 5.09 Å². The summed E-state index contributed by atoms with van der Waals surface area (Å²) in [7, 11) is 0.879. The molecule has 0 saturated heterocycles. The maximum Gasteiger partial charge on any atom is 0.0585 e. The summed E-state index contributed by atoms with van der Waals surface area (Å²) in [4.78, 5) is 0. The van der Waals surface area contributed by atoms with E-state index in [4.69, 9.17) is 0 Å². The Morgan fingerprint density at radius 1 is 1.50 bits per heavy atom. The lowest BCUT2D eigenvalue weighted by atomic mass is 10.5. The second kappa shape index (κ2) is 15.7. The molecule has 0 aromatic heterocycles. The fourth-order valence-corrected chi connectivity index (χ4v) is 0.746. The molecule has 8 heavy (non-hydrogen) atoms. The van der Waals surface area contributed by atoms with Crippen LogP contribution in [0.15, 0.2) is 0 Å². The van der Waals surface area contributed by atoms with E-state index in [0.717, 1.165) is 14.1 Å². The minimum atomic E-state index is 0. The van der Waals surface area contributed by atoms with Crippen LogP contribution in [0.5, 0.6) is 0 Å². The third-order valence-electron chi connectivity index (χ3n) is 0.426. The van der Waals surface area contributed by atoms with Crippen molar-refractivity contribution in [2.24, 2.45) is 0 Å². The van der Waals surface area contributed by atoms with Crippen LogP contribution in [0, 0.1) is 0 Å². The molecule has 0 aromatic carbocycles. The van der Waals surface area contributed by atoms with Gasteiger partial charge in [-0.2, -0.15) is 0 Å². The summed E-state index contributed by atoms with van der Waals surface area (Å²) in [5, 5.41) is 2.98. The van der Waals surface area contributed by atoms with Crippen molar-refractivity contribution in [3.8, 4) is 0 Å². The summed E-state index contributed by atoms with van der Waals surface area (Å²) in [6, 6.07) is 0. The third kappa shape index (κ3) is 15.7. The Balaban J connectivity index is -0.000000125. The molecule has 0 aliphatic carbocycles. The SMILES string of the molecule is CCCNP=S.Cl.Cl. The van der Waals surface area contributed by atoms with E-state index in [0.29, 0.717) is 0 Å². The summed E-state index contributed by atoms with van der Waals surface area (Å²) in [5.41, 5.74) is 0. The number of rotatable bonds is 3. The maximum atomic E-state index is 4.58. The van der Waals surface area contributed by atoms with Crippen LogP contribution >= 0.6 is 32.3 Å². The smallest absolute Gasteiger partial charge is 0.0585 e. The second-order valence-corrected chi connectivity index (χ2v) is 2.05. The first-order valence-corrected chi connectivity index (χ1v) is 3.87. The predicted octanol–water partition coefficient (Wildman–Crippen LogP) is 2.15. The molecule has 0 radical (unpaired) electrons. The highest BCUT2D eigenvalue weighted by Gasteiger charge is 1.69. The molecule has 0 saturated carbocycles. The van der Waals surface area contributed by atoms with E-state index in [-0.39, 0.29) is 24.8 Å². The molecule has 0 spiro atoms. The van der Waals surface area contributed by atoms with E-state index in [1.807, 2.05) is 0 Å². The zero-order valence-electron chi connectivity index (χ0n) is 4.59. The summed E-state index contributed by atoms with van der Waals surface area (Å²) in [6.45, 7) is 3.17. The second-order valence-electron chi connectivity index (χ2n) is 0.999. The Hall–Kier alpha value is 1.06. The van der Waals surface area contributed by atoms with Crippen LogP contribution in [0.2, 0.25) is 0 Å². The predicted molar refractivity (Wildman–Crippen MR) is 47.1 cm³/mol. The number of hydrogen-bond donors (Lipinski definition) is 1. The Morgan fingerprint density at radius 3 is 2.12 bits per heavy atom. The number of nitrogens with one attached hydrogen (secondary N) is 1. The molecule has 0 amide bonds. The first-order chi connectivity index (χ1) is 2.91. The Kier molecular flexibility index (Phi) is 31.4. The molecule has 0 aliphatic heterocycles. The van der Waals surface area contributed by atoms with Crippen LogP contribution in [0.1, 0.15) is 13.3 Å². The molecular weight excluding hydrogens is 184 g/mol. The molecule has 1 N–H and O–H groups in total. The first kappa shape index (κ1) is 16.0. The Labute approximate surface area is 69.3 Å². The zero-order chi connectivity index (χ0) is 4.83. The molecule has 0 aliphatic rings. The largest absolute Gasteiger partial charge is 0.262 e. The normalized spacial score (nSPS) is 7.12. The first-order valence-electron chi connectivity index (χ1n) is 1.97. The molecule has 0 aromatic rings. The van der Waals surface area contributed by atoms with Crippen molar-refractivity contribution in [1.82, 2.24) is 5.09 Å². The van der Waals surface area contributed by atoms with Gasteiger partial charge >= 0.3 is 0 Å². The van der Waals surface area contributed by atoms with E-state index >= 15 is 0 Å². The lowest BCUT2D eigenvalue weighted by Crippen LogP contribution is -1.97. The van der Waals surface area contributed by atoms with Crippen molar-refractivity contribution in [3.05, 3.63) is 0 Å². The summed E-state index contributed by atoms with van der Waals surface area (Å²) in [6.07, 6.45) is 1.17. The van der Waals surface area contributed by atoms with E-state index in [1.165, 1.54) is 6.42 Å². The van der Waals surface area contributed by atoms with Crippen molar-refractivity contribution in [2.75, 3.05) is 6.54 Å². The van der Waals surface area contributed by atoms with Crippen LogP contribution in [0.25, 0.3) is 0 Å². The summed E-state index contributed by atoms with van der Waals surface area (Å²) in [5.74, 6) is 0. The van der Waals surface area contributed by atoms with Crippen molar-refractivity contribution in [3.63, 3.8) is 0 Å². The molecule has 0 bridgehead atoms. The monoisotopic (exact) mass is 193 g/mol. The highest BCUT2D eigenvalue weighted by atomic mass is 35.5. The van der Waals surface area contributed by atoms with Gasteiger partial charge in [0.25, 0.3) is 0 Å². The molecule has 0 fully saturated rings. The van der Waals surface area contributed by atoms with Gasteiger partial charge in [0, 0.05) is 6.54 Å². The topological polar surface area (TPSA) is 12.0 Å². The third-order valence-corrected chi connectivity index (χ3v) is 1.17. The van der Waals surface area contributed by atoms with Crippen molar-refractivity contribution in [1.29, 1.82) is 0 Å². The standard InChI is InChI=1S/C3H8NPS.2ClH/c1-2-3-4-5-6;;/h2-3H2,1H3,(H,4,6);2*1H. The molecule has 0 atom stereocenters. The molecule has 52 valence electrons. The summed E-state index contributed by atoms with van der Waals surface area (Å²) >= 11 is 4.58. The molecule has 5 heteroatoms. The van der Waals surface area contributed by atoms with E-state index in [1.54, 1.807) is 0 Å². The quantitative estimate of drug-likeness (QED) is 0.545. The average Bonchev–Trinajstić information content (AvgIpc) is 1.61. The van der Waals surface area contributed by atoms with Gasteiger partial charge in [0.15, 0.2) is 0 Å². The zero-order valence-corrected chi connectivity index (χ0v) is 7.93. The van der Waals surface area contributed by atoms with Gasteiger partial charge in [-0.1, -0.05) is 6.92 Å². The lowest BCUT2D eigenvalue weighted by Gasteiger charge is -1.84. The van der Waals surface area contributed by atoms with Gasteiger partial charge in [0.2, 0.25) is 0 Å². The summed E-state index contributed by atoms with van der Waals surface area (Å²) < 4.78 is 0. The highest BCUT2D eigenvalue weighted by Crippen LogP contribution is 1.79.